The van der Waals surface area contributed by atoms with Gasteiger partial charge in [0.15, 0.2) is 23.5 Å². The van der Waals surface area contributed by atoms with Crippen molar-refractivity contribution in [2.24, 2.45) is 0 Å². The number of carboxylic acids is 1. The molecule has 2 fully saturated rings. The van der Waals surface area contributed by atoms with Crippen LogP contribution in [0.5, 0.6) is 0 Å². The van der Waals surface area contributed by atoms with Gasteiger partial charge in [0.1, 0.15) is 34.8 Å². The summed E-state index contributed by atoms with van der Waals surface area (Å²) in [5.74, 6) is 9.43. The maximum Gasteiger partial charge on any atom is 0.407 e. The molecule has 0 spiro atoms. The summed E-state index contributed by atoms with van der Waals surface area (Å²) in [5, 5.41) is 41.3. The number of aromatic nitrogens is 2. The number of nitrogens with zero attached hydrogens (tertiary/aromatic N) is 1. The third-order valence-corrected chi connectivity index (χ3v) is 14.5. The van der Waals surface area contributed by atoms with Crippen molar-refractivity contribution in [2.75, 3.05) is 32.8 Å². The lowest BCUT2D eigenvalue weighted by atomic mass is 9.83. The molecule has 366 valence electrons. The number of carbonyl (C=O) groups excluding carboxylic acids is 4. The van der Waals surface area contributed by atoms with Gasteiger partial charge in [-0.15, -0.1) is 11.8 Å². The number of aliphatic hydroxyl groups is 2. The lowest BCUT2D eigenvalue weighted by Gasteiger charge is -2.51. The SMILES string of the molecule is COC(=O)NC1C(=O)C[C@H](O)/C(=C/CSC(C)=O)C2=C1C#C/C=C\C#C[C@@H]2OC1OC(C)C(SC)(C(=O)c2nccc3c2[nH]c2ccc(C(=O)O)cc23)C(O)C1OC1CC(OC)C(NC(C)C)CO1. The number of methoxy groups -OCH3 is 2. The van der Waals surface area contributed by atoms with Gasteiger partial charge in [-0.25, -0.2) is 9.59 Å². The van der Waals surface area contributed by atoms with Crippen molar-refractivity contribution in [3.05, 3.63) is 76.7 Å². The molecule has 2 saturated heterocycles. The highest BCUT2D eigenvalue weighted by Gasteiger charge is 2.61. The van der Waals surface area contributed by atoms with Gasteiger partial charge in [-0.05, 0) is 55.2 Å². The Bertz CT molecular complexity index is 2730. The normalized spacial score (nSPS) is 30.2. The Hall–Kier alpha value is -5.36. The monoisotopic (exact) mass is 986 g/mol. The van der Waals surface area contributed by atoms with Crippen LogP contribution in [-0.4, -0.2) is 159 Å². The molecule has 1 aromatic carbocycles. The maximum atomic E-state index is 15.4. The summed E-state index contributed by atoms with van der Waals surface area (Å²) in [6, 6.07) is 4.64. The lowest BCUT2D eigenvalue weighted by molar-refractivity contribution is -0.322. The molecule has 4 aliphatic rings. The molecule has 2 aromatic heterocycles. The molecule has 11 atom stereocenters. The van der Waals surface area contributed by atoms with Crippen LogP contribution < -0.4 is 10.6 Å². The fraction of sp³-hybridized carbons (Fsp3) is 0.469. The summed E-state index contributed by atoms with van der Waals surface area (Å²) in [5.41, 5.74) is 1.09. The number of aliphatic hydroxyl groups excluding tert-OH is 2. The van der Waals surface area contributed by atoms with E-state index in [2.05, 4.69) is 44.3 Å². The second-order valence-corrected chi connectivity index (χ2v) is 19.2. The number of carbonyl (C=O) groups is 5. The summed E-state index contributed by atoms with van der Waals surface area (Å²) < 4.78 is 35.5. The summed E-state index contributed by atoms with van der Waals surface area (Å²) >= 11 is 1.97. The number of hydrogen-bond donors (Lipinski definition) is 6. The molecule has 1 amide bonds. The number of fused-ring (bicyclic) bond motifs is 3. The molecule has 69 heavy (non-hydrogen) atoms. The Kier molecular flexibility index (Phi) is 16.5. The van der Waals surface area contributed by atoms with Crippen LogP contribution in [0.3, 0.4) is 0 Å². The highest BCUT2D eigenvalue weighted by molar-refractivity contribution is 8.13. The zero-order chi connectivity index (χ0) is 49.7. The number of Topliss-reactive ketones (excluding diaryl/α,β-unsaturated/α-hetero) is 2. The zero-order valence-electron chi connectivity index (χ0n) is 38.9. The second-order valence-electron chi connectivity index (χ2n) is 16.9. The van der Waals surface area contributed by atoms with Gasteiger partial charge in [0.05, 0.1) is 49.2 Å². The summed E-state index contributed by atoms with van der Waals surface area (Å²) in [6.45, 7) is 7.12. The number of hydrogen-bond acceptors (Lipinski definition) is 17. The van der Waals surface area contributed by atoms with Gasteiger partial charge >= 0.3 is 12.1 Å². The number of allylic oxidation sites excluding steroid dienone is 2. The molecule has 2 aliphatic carbocycles. The van der Waals surface area contributed by atoms with Gasteiger partial charge in [-0.1, -0.05) is 55.4 Å². The Morgan fingerprint density at radius 1 is 1.10 bits per heavy atom. The van der Waals surface area contributed by atoms with Crippen LogP contribution in [0.15, 0.2) is 65.4 Å². The van der Waals surface area contributed by atoms with Crippen molar-refractivity contribution >= 4 is 74.1 Å². The van der Waals surface area contributed by atoms with E-state index in [0.717, 1.165) is 30.6 Å². The van der Waals surface area contributed by atoms with Crippen LogP contribution in [0, 0.1) is 23.7 Å². The van der Waals surface area contributed by atoms with E-state index in [1.54, 1.807) is 38.5 Å². The molecule has 3 aromatic rings. The van der Waals surface area contributed by atoms with E-state index >= 15 is 4.79 Å². The zero-order valence-corrected chi connectivity index (χ0v) is 40.5. The van der Waals surface area contributed by atoms with Gasteiger partial charge in [0.2, 0.25) is 5.78 Å². The van der Waals surface area contributed by atoms with Crippen LogP contribution in [-0.2, 0) is 38.0 Å². The Morgan fingerprint density at radius 2 is 1.87 bits per heavy atom. The number of thioether (sulfide) groups is 2. The quantitative estimate of drug-likeness (QED) is 0.0991. The fourth-order valence-corrected chi connectivity index (χ4v) is 10.6. The largest absolute Gasteiger partial charge is 0.478 e. The topological polar surface area (TPSA) is 254 Å². The molecule has 0 bridgehead atoms. The maximum absolute atomic E-state index is 15.4. The third kappa shape index (κ3) is 10.7. The Balaban J connectivity index is 1.36. The molecule has 7 rings (SSSR count). The molecular formula is C49H54N4O14S2. The van der Waals surface area contributed by atoms with Crippen LogP contribution in [0.4, 0.5) is 4.79 Å². The number of H-pyrrole nitrogens is 1. The first-order chi connectivity index (χ1) is 33.0. The number of nitrogens with one attached hydrogen (secondary N) is 3. The number of aromatic carboxylic acids is 1. The smallest absolute Gasteiger partial charge is 0.407 e. The molecule has 18 nitrogen and oxygen atoms in total. The van der Waals surface area contributed by atoms with Crippen molar-refractivity contribution in [1.29, 1.82) is 0 Å². The van der Waals surface area contributed by atoms with Crippen LogP contribution >= 0.6 is 23.5 Å². The minimum absolute atomic E-state index is 0.0117. The minimum Gasteiger partial charge on any atom is -0.478 e. The number of rotatable bonds is 14. The number of amides is 1. The number of ketones is 2. The highest BCUT2D eigenvalue weighted by atomic mass is 32.2. The van der Waals surface area contributed by atoms with Gasteiger partial charge in [-0.3, -0.25) is 19.4 Å². The van der Waals surface area contributed by atoms with E-state index in [4.69, 9.17) is 28.4 Å². The number of benzene rings is 1. The number of ether oxygens (including phenoxy) is 6. The average Bonchev–Trinajstić information content (AvgIpc) is 3.70. The Morgan fingerprint density at radius 3 is 2.57 bits per heavy atom. The first-order valence-electron chi connectivity index (χ1n) is 22.1. The summed E-state index contributed by atoms with van der Waals surface area (Å²) in [4.78, 5) is 73.8. The molecular weight excluding hydrogens is 933 g/mol. The molecule has 2 aliphatic heterocycles. The van der Waals surface area contributed by atoms with Crippen molar-refractivity contribution in [2.45, 2.75) is 113 Å². The molecule has 0 radical (unpaired) electrons. The van der Waals surface area contributed by atoms with E-state index < -0.39 is 90.0 Å². The number of pyridine rings is 1. The average molecular weight is 987 g/mol. The van der Waals surface area contributed by atoms with Gasteiger partial charge in [0.25, 0.3) is 0 Å². The van der Waals surface area contributed by atoms with E-state index in [1.165, 1.54) is 37.4 Å². The predicted octanol–water partition coefficient (Wildman–Crippen LogP) is 3.84. The van der Waals surface area contributed by atoms with E-state index in [-0.39, 0.29) is 64.0 Å². The van der Waals surface area contributed by atoms with Crippen molar-refractivity contribution in [1.82, 2.24) is 20.6 Å². The van der Waals surface area contributed by atoms with Gasteiger partial charge in [-0.2, -0.15) is 0 Å². The van der Waals surface area contributed by atoms with Crippen molar-refractivity contribution < 1.29 is 67.7 Å². The summed E-state index contributed by atoms with van der Waals surface area (Å²) in [7, 11) is 2.70. The molecule has 6 N–H and O–H groups in total. The second kappa shape index (κ2) is 22.2. The van der Waals surface area contributed by atoms with E-state index in [0.29, 0.717) is 21.8 Å². The number of carboxylic acid groups (broad SMARTS) is 1. The van der Waals surface area contributed by atoms with Gasteiger partial charge in [0, 0.05) is 72.3 Å². The number of alkyl carbamates (subject to hydrolysis) is 1. The van der Waals surface area contributed by atoms with Gasteiger partial charge < -0.3 is 59.4 Å². The number of aromatic amines is 1. The highest BCUT2D eigenvalue weighted by Crippen LogP contribution is 2.46. The Labute approximate surface area is 406 Å². The molecule has 0 saturated carbocycles. The van der Waals surface area contributed by atoms with Crippen LogP contribution in [0.1, 0.15) is 61.4 Å². The lowest BCUT2D eigenvalue weighted by Crippen LogP contribution is -2.68. The predicted molar refractivity (Wildman–Crippen MR) is 256 cm³/mol. The minimum atomic E-state index is -1.86. The first-order valence-corrected chi connectivity index (χ1v) is 24.3. The van der Waals surface area contributed by atoms with Crippen LogP contribution in [0.2, 0.25) is 0 Å². The van der Waals surface area contributed by atoms with Crippen LogP contribution in [0.25, 0.3) is 21.8 Å². The van der Waals surface area contributed by atoms with E-state index in [9.17, 15) is 34.5 Å². The summed E-state index contributed by atoms with van der Waals surface area (Å²) in [6.07, 6.45) is -4.17. The van der Waals surface area contributed by atoms with Crippen molar-refractivity contribution in [3.8, 4) is 23.7 Å². The molecule has 20 heteroatoms. The van der Waals surface area contributed by atoms with E-state index in [1.807, 2.05) is 13.8 Å². The molecule has 9 unspecified atom stereocenters. The molecule has 4 heterocycles. The van der Waals surface area contributed by atoms with Crippen molar-refractivity contribution in [3.63, 3.8) is 0 Å². The third-order valence-electron chi connectivity index (χ3n) is 12.3. The fourth-order valence-electron chi connectivity index (χ4n) is 9.09. The first kappa shape index (κ1) is 51.5. The standard InChI is InChI=1S/C49H54N4O14S2/c1-24(2)51-33-23-64-38(22-37(33)62-5)67-43-45(58)49(68-7,44(57)42-41-28(16-18-50-42)31-20-27(46(59)60)14-15-32(31)52-41)25(3)65-47(43)66-36-13-11-9-8-10-12-30-39(36)29(17-19-69-26(4)54)34(55)21-35(56)40(30)53-48(61)63-6/h8-9,14-18,20,24-25,33-34,36-38,40,43,45,47,51-52,55,58H,19,21-23H2,1-7H3,(H,53,61)(H,59,60)/b9-8-,29-17-/t25?,33?,34-,36-,37?,38?,40?,43?,45?,47?,49?/m0/s1.